The number of hydrogen-bond acceptors (Lipinski definition) is 3. The summed E-state index contributed by atoms with van der Waals surface area (Å²) in [5, 5.41) is 0. The van der Waals surface area contributed by atoms with Gasteiger partial charge in [-0.05, 0) is 30.2 Å². The summed E-state index contributed by atoms with van der Waals surface area (Å²) < 4.78 is 54.4. The van der Waals surface area contributed by atoms with Crippen molar-refractivity contribution in [2.24, 2.45) is 0 Å². The monoisotopic (exact) mass is 435 g/mol. The Morgan fingerprint density at radius 2 is 1.28 bits per heavy atom. The quantitative estimate of drug-likeness (QED) is 0.344. The molecule has 1 aromatic heterocycles. The number of hydrogen-bond donors (Lipinski definition) is 0. The average Bonchev–Trinajstić information content (AvgIpc) is 2.79. The zero-order valence-electron chi connectivity index (χ0n) is 17.7. The van der Waals surface area contributed by atoms with Crippen molar-refractivity contribution < 1.29 is 22.6 Å². The fourth-order valence-corrected chi connectivity index (χ4v) is 3.78. The molecule has 0 saturated heterocycles. The largest absolute Gasteiger partial charge is 0.497 e. The first-order valence-corrected chi connectivity index (χ1v) is 9.86. The Bertz CT molecular complexity index is 1240. The number of rotatable bonds is 5. The Morgan fingerprint density at radius 1 is 0.688 bits per heavy atom. The minimum absolute atomic E-state index is 0.233. The molecule has 0 radical (unpaired) electrons. The molecular formula is C26H20F3NO2. The van der Waals surface area contributed by atoms with Gasteiger partial charge in [0.1, 0.15) is 29.0 Å². The van der Waals surface area contributed by atoms with Gasteiger partial charge in [-0.15, -0.1) is 0 Å². The second kappa shape index (κ2) is 8.75. The van der Waals surface area contributed by atoms with Crippen LogP contribution in [-0.2, 0) is 0 Å². The van der Waals surface area contributed by atoms with Crippen molar-refractivity contribution in [3.05, 3.63) is 90.0 Å². The van der Waals surface area contributed by atoms with Crippen LogP contribution in [0, 0.1) is 24.4 Å². The predicted octanol–water partition coefficient (Wildman–Crippen LogP) is 6.83. The molecule has 162 valence electrons. The van der Waals surface area contributed by atoms with E-state index in [9.17, 15) is 13.2 Å². The Morgan fingerprint density at radius 3 is 1.84 bits per heavy atom. The third kappa shape index (κ3) is 3.91. The molecule has 3 nitrogen and oxygen atoms in total. The topological polar surface area (TPSA) is 31.4 Å². The van der Waals surface area contributed by atoms with Crippen molar-refractivity contribution >= 4 is 0 Å². The maximum Gasteiger partial charge on any atom is 0.136 e. The van der Waals surface area contributed by atoms with Gasteiger partial charge in [-0.1, -0.05) is 30.3 Å². The number of halogens is 3. The van der Waals surface area contributed by atoms with E-state index in [-0.39, 0.29) is 11.1 Å². The minimum atomic E-state index is -1.01. The number of ether oxygens (including phenoxy) is 2. The molecule has 0 aliphatic rings. The molecule has 0 unspecified atom stereocenters. The summed E-state index contributed by atoms with van der Waals surface area (Å²) in [6, 6.07) is 15.9. The lowest BCUT2D eigenvalue weighted by Crippen LogP contribution is -2.01. The molecule has 3 aromatic carbocycles. The lowest BCUT2D eigenvalue weighted by molar-refractivity contribution is 0.394. The van der Waals surface area contributed by atoms with Crippen molar-refractivity contribution in [1.82, 2.24) is 4.98 Å². The van der Waals surface area contributed by atoms with E-state index >= 15 is 0 Å². The zero-order valence-corrected chi connectivity index (χ0v) is 17.7. The number of aryl methyl sites for hydroxylation is 1. The zero-order chi connectivity index (χ0) is 22.8. The third-order valence-corrected chi connectivity index (χ3v) is 5.25. The molecule has 4 aromatic rings. The van der Waals surface area contributed by atoms with E-state index in [1.807, 2.05) is 30.3 Å². The molecule has 32 heavy (non-hydrogen) atoms. The van der Waals surface area contributed by atoms with Crippen LogP contribution in [0.4, 0.5) is 13.2 Å². The van der Waals surface area contributed by atoms with Crippen LogP contribution in [0.15, 0.2) is 66.9 Å². The van der Waals surface area contributed by atoms with Crippen LogP contribution in [0.3, 0.4) is 0 Å². The summed E-state index contributed by atoms with van der Waals surface area (Å²) >= 11 is 0. The fourth-order valence-electron chi connectivity index (χ4n) is 3.78. The SMILES string of the molecule is COc1cc(OC)cc(-c2c(-c3ccccc3)cnc(C)c2-c2c(F)cc(F)cc2F)c1. The summed E-state index contributed by atoms with van der Waals surface area (Å²) in [7, 11) is 3.04. The van der Waals surface area contributed by atoms with Gasteiger partial charge in [0.05, 0.1) is 19.8 Å². The van der Waals surface area contributed by atoms with Gasteiger partial charge < -0.3 is 9.47 Å². The van der Waals surface area contributed by atoms with Gasteiger partial charge in [-0.3, -0.25) is 4.98 Å². The highest BCUT2D eigenvalue weighted by atomic mass is 19.1. The smallest absolute Gasteiger partial charge is 0.136 e. The molecule has 4 rings (SSSR count). The second-order valence-electron chi connectivity index (χ2n) is 7.22. The van der Waals surface area contributed by atoms with Gasteiger partial charge in [0.2, 0.25) is 0 Å². The first-order valence-electron chi connectivity index (χ1n) is 9.86. The summed E-state index contributed by atoms with van der Waals surface area (Å²) in [5.74, 6) is -1.97. The normalized spacial score (nSPS) is 10.8. The van der Waals surface area contributed by atoms with Crippen LogP contribution >= 0.6 is 0 Å². The van der Waals surface area contributed by atoms with Crippen molar-refractivity contribution in [2.45, 2.75) is 6.92 Å². The van der Waals surface area contributed by atoms with Gasteiger partial charge in [-0.25, -0.2) is 13.2 Å². The van der Waals surface area contributed by atoms with Crippen LogP contribution in [0.1, 0.15) is 5.69 Å². The molecule has 0 spiro atoms. The van der Waals surface area contributed by atoms with Crippen molar-refractivity contribution in [3.63, 3.8) is 0 Å². The molecule has 0 aliphatic heterocycles. The molecule has 6 heteroatoms. The Labute approximate surface area is 184 Å². The van der Waals surface area contributed by atoms with E-state index in [4.69, 9.17) is 9.47 Å². The number of methoxy groups -OCH3 is 2. The molecule has 0 bridgehead atoms. The standard InChI is InChI=1S/C26H20F3NO2/c1-15-24(26-22(28)11-18(27)12-23(26)29)25(17-9-19(31-2)13-20(10-17)32-3)21(14-30-15)16-7-5-4-6-8-16/h4-14H,1-3H3. The molecule has 0 saturated carbocycles. The second-order valence-corrected chi connectivity index (χ2v) is 7.22. The lowest BCUT2D eigenvalue weighted by atomic mass is 9.87. The third-order valence-electron chi connectivity index (χ3n) is 5.25. The van der Waals surface area contributed by atoms with Crippen LogP contribution in [0.5, 0.6) is 11.5 Å². The maximum atomic E-state index is 14.9. The molecule has 0 aliphatic carbocycles. The van der Waals surface area contributed by atoms with Crippen molar-refractivity contribution in [3.8, 4) is 44.9 Å². The van der Waals surface area contributed by atoms with E-state index in [2.05, 4.69) is 4.98 Å². The minimum Gasteiger partial charge on any atom is -0.497 e. The number of nitrogens with zero attached hydrogens (tertiary/aromatic N) is 1. The van der Waals surface area contributed by atoms with Crippen molar-refractivity contribution in [2.75, 3.05) is 14.2 Å². The highest BCUT2D eigenvalue weighted by Gasteiger charge is 2.24. The summed E-state index contributed by atoms with van der Waals surface area (Å²) in [4.78, 5) is 4.42. The molecular weight excluding hydrogens is 415 g/mol. The van der Waals surface area contributed by atoms with E-state index in [1.165, 1.54) is 14.2 Å². The summed E-state index contributed by atoms with van der Waals surface area (Å²) in [6.45, 7) is 1.66. The van der Waals surface area contributed by atoms with E-state index < -0.39 is 17.5 Å². The maximum absolute atomic E-state index is 14.9. The highest BCUT2D eigenvalue weighted by Crippen LogP contribution is 2.44. The first kappa shape index (κ1) is 21.4. The van der Waals surface area contributed by atoms with Gasteiger partial charge in [0, 0.05) is 46.8 Å². The Hall–Kier alpha value is -3.80. The molecule has 0 amide bonds. The summed E-state index contributed by atoms with van der Waals surface area (Å²) in [6.07, 6.45) is 1.66. The fraction of sp³-hybridized carbons (Fsp3) is 0.115. The molecule has 0 atom stereocenters. The van der Waals surface area contributed by atoms with Gasteiger partial charge in [0.15, 0.2) is 0 Å². The lowest BCUT2D eigenvalue weighted by Gasteiger charge is -2.20. The number of aromatic nitrogens is 1. The Kier molecular flexibility index (Phi) is 5.86. The van der Waals surface area contributed by atoms with E-state index in [1.54, 1.807) is 31.3 Å². The molecule has 1 heterocycles. The van der Waals surface area contributed by atoms with E-state index in [0.717, 1.165) is 5.56 Å². The van der Waals surface area contributed by atoms with Crippen molar-refractivity contribution in [1.29, 1.82) is 0 Å². The average molecular weight is 435 g/mol. The first-order chi connectivity index (χ1) is 15.4. The number of benzene rings is 3. The molecule has 0 N–H and O–H groups in total. The van der Waals surface area contributed by atoms with E-state index in [0.29, 0.717) is 46.0 Å². The van der Waals surface area contributed by atoms with Gasteiger partial charge in [-0.2, -0.15) is 0 Å². The molecule has 0 fully saturated rings. The Balaban J connectivity index is 2.15. The van der Waals surface area contributed by atoms with Crippen LogP contribution in [0.25, 0.3) is 33.4 Å². The van der Waals surface area contributed by atoms with Crippen LogP contribution in [-0.4, -0.2) is 19.2 Å². The summed E-state index contributed by atoms with van der Waals surface area (Å²) in [5.41, 5.74) is 2.90. The van der Waals surface area contributed by atoms with Crippen LogP contribution in [0.2, 0.25) is 0 Å². The van der Waals surface area contributed by atoms with Gasteiger partial charge >= 0.3 is 0 Å². The predicted molar refractivity (Wildman–Crippen MR) is 118 cm³/mol. The number of pyridine rings is 1. The van der Waals surface area contributed by atoms with Gasteiger partial charge in [0.25, 0.3) is 0 Å². The highest BCUT2D eigenvalue weighted by molar-refractivity contribution is 5.95. The van der Waals surface area contributed by atoms with Crippen LogP contribution < -0.4 is 9.47 Å².